The molecule has 0 aliphatic rings. The Morgan fingerprint density at radius 1 is 1.21 bits per heavy atom. The summed E-state index contributed by atoms with van der Waals surface area (Å²) in [6.07, 6.45) is 0.669. The third-order valence-corrected chi connectivity index (χ3v) is 3.43. The van der Waals surface area contributed by atoms with Gasteiger partial charge in [0.05, 0.1) is 16.7 Å². The van der Waals surface area contributed by atoms with Gasteiger partial charge in [-0.25, -0.2) is 10.4 Å². The minimum atomic E-state index is -2.83. The Hall–Kier alpha value is -2.96. The Labute approximate surface area is 137 Å². The van der Waals surface area contributed by atoms with Gasteiger partial charge in [-0.15, -0.1) is 0 Å². The summed E-state index contributed by atoms with van der Waals surface area (Å²) >= 11 is 0. The number of nitrogens with zero attached hydrogens (tertiary/aromatic N) is 2. The molecule has 0 unspecified atom stereocenters. The molecule has 0 atom stereocenters. The maximum absolute atomic E-state index is 12.2. The van der Waals surface area contributed by atoms with Crippen molar-refractivity contribution in [3.63, 3.8) is 0 Å². The fourth-order valence-electron chi connectivity index (χ4n) is 2.30. The maximum atomic E-state index is 12.2. The van der Waals surface area contributed by atoms with Crippen LogP contribution in [0.15, 0.2) is 53.6 Å². The standard InChI is InChI=1S/C17H16F2N4O/c1-2-13(11-7-9-12(10-8-11)24-16(18)19)22-23-17-20-14-5-3-4-6-15(14)21-17/h3-10,16H,2H2,1H3,(H2,20,21,23)/b22-13+. The molecule has 2 N–H and O–H groups in total. The summed E-state index contributed by atoms with van der Waals surface area (Å²) in [5.41, 5.74) is 6.27. The van der Waals surface area contributed by atoms with Crippen LogP contribution in [0.5, 0.6) is 5.75 Å². The van der Waals surface area contributed by atoms with Crippen LogP contribution in [0.1, 0.15) is 18.9 Å². The van der Waals surface area contributed by atoms with E-state index in [2.05, 4.69) is 25.2 Å². The topological polar surface area (TPSA) is 62.3 Å². The maximum Gasteiger partial charge on any atom is 0.387 e. The molecular formula is C17H16F2N4O. The van der Waals surface area contributed by atoms with Crippen molar-refractivity contribution >= 4 is 22.7 Å². The number of hydrogen-bond acceptors (Lipinski definition) is 4. The summed E-state index contributed by atoms with van der Waals surface area (Å²) in [5, 5.41) is 4.35. The van der Waals surface area contributed by atoms with E-state index in [0.717, 1.165) is 22.3 Å². The number of aromatic amines is 1. The van der Waals surface area contributed by atoms with Crippen LogP contribution in [0.2, 0.25) is 0 Å². The summed E-state index contributed by atoms with van der Waals surface area (Å²) in [6.45, 7) is -0.868. The van der Waals surface area contributed by atoms with E-state index in [4.69, 9.17) is 0 Å². The molecule has 0 radical (unpaired) electrons. The van der Waals surface area contributed by atoms with Gasteiger partial charge in [0.1, 0.15) is 5.75 Å². The predicted octanol–water partition coefficient (Wildman–Crippen LogP) is 4.39. The first kappa shape index (κ1) is 15.9. The van der Waals surface area contributed by atoms with E-state index in [0.29, 0.717) is 12.4 Å². The third-order valence-electron chi connectivity index (χ3n) is 3.43. The molecule has 2 aromatic carbocycles. The number of ether oxygens (including phenoxy) is 1. The van der Waals surface area contributed by atoms with Crippen LogP contribution in [0.25, 0.3) is 11.0 Å². The van der Waals surface area contributed by atoms with Gasteiger partial charge in [0.25, 0.3) is 0 Å². The minimum absolute atomic E-state index is 0.120. The number of imidazole rings is 1. The van der Waals surface area contributed by atoms with E-state index in [1.807, 2.05) is 31.2 Å². The molecule has 0 aliphatic carbocycles. The SMILES string of the molecule is CC/C(=N\Nc1nc2ccccc2[nH]1)c1ccc(OC(F)F)cc1. The molecule has 24 heavy (non-hydrogen) atoms. The molecule has 5 nitrogen and oxygen atoms in total. The highest BCUT2D eigenvalue weighted by molar-refractivity contribution is 6.00. The van der Waals surface area contributed by atoms with Crippen LogP contribution in [-0.2, 0) is 0 Å². The van der Waals surface area contributed by atoms with E-state index < -0.39 is 6.61 Å². The van der Waals surface area contributed by atoms with Gasteiger partial charge in [0, 0.05) is 0 Å². The van der Waals surface area contributed by atoms with Gasteiger partial charge in [-0.05, 0) is 48.4 Å². The van der Waals surface area contributed by atoms with Gasteiger partial charge in [-0.3, -0.25) is 0 Å². The quantitative estimate of drug-likeness (QED) is 0.520. The lowest BCUT2D eigenvalue weighted by molar-refractivity contribution is -0.0498. The number of hydrazone groups is 1. The highest BCUT2D eigenvalue weighted by atomic mass is 19.3. The lowest BCUT2D eigenvalue weighted by Gasteiger charge is -2.07. The smallest absolute Gasteiger partial charge is 0.387 e. The van der Waals surface area contributed by atoms with Gasteiger partial charge < -0.3 is 9.72 Å². The molecule has 0 spiro atoms. The molecule has 3 aromatic rings. The van der Waals surface area contributed by atoms with Gasteiger partial charge in [-0.2, -0.15) is 13.9 Å². The van der Waals surface area contributed by atoms with Crippen LogP contribution in [0.3, 0.4) is 0 Å². The zero-order valence-corrected chi connectivity index (χ0v) is 13.0. The van der Waals surface area contributed by atoms with Gasteiger partial charge in [0.2, 0.25) is 5.95 Å². The molecule has 0 amide bonds. The lowest BCUT2D eigenvalue weighted by Crippen LogP contribution is -2.05. The molecule has 7 heteroatoms. The zero-order chi connectivity index (χ0) is 16.9. The fourth-order valence-corrected chi connectivity index (χ4v) is 2.30. The highest BCUT2D eigenvalue weighted by Crippen LogP contribution is 2.17. The van der Waals surface area contributed by atoms with Gasteiger partial charge in [0.15, 0.2) is 0 Å². The van der Waals surface area contributed by atoms with E-state index in [9.17, 15) is 8.78 Å². The molecule has 0 bridgehead atoms. The lowest BCUT2D eigenvalue weighted by atomic mass is 10.1. The van der Waals surface area contributed by atoms with Gasteiger partial charge >= 0.3 is 6.61 Å². The largest absolute Gasteiger partial charge is 0.435 e. The second-order valence-electron chi connectivity index (χ2n) is 5.03. The third kappa shape index (κ3) is 3.68. The second kappa shape index (κ2) is 7.08. The molecule has 0 saturated carbocycles. The normalized spacial score (nSPS) is 11.9. The Morgan fingerprint density at radius 3 is 2.62 bits per heavy atom. The predicted molar refractivity (Wildman–Crippen MR) is 89.6 cm³/mol. The Morgan fingerprint density at radius 2 is 1.96 bits per heavy atom. The van der Waals surface area contributed by atoms with Crippen molar-refractivity contribution in [1.82, 2.24) is 9.97 Å². The van der Waals surface area contributed by atoms with Crippen molar-refractivity contribution in [2.75, 3.05) is 5.43 Å². The minimum Gasteiger partial charge on any atom is -0.435 e. The number of halogens is 2. The average molecular weight is 330 g/mol. The number of H-pyrrole nitrogens is 1. The number of alkyl halides is 2. The van der Waals surface area contributed by atoms with Crippen molar-refractivity contribution < 1.29 is 13.5 Å². The van der Waals surface area contributed by atoms with Crippen molar-refractivity contribution in [3.05, 3.63) is 54.1 Å². The van der Waals surface area contributed by atoms with E-state index in [-0.39, 0.29) is 5.75 Å². The van der Waals surface area contributed by atoms with E-state index in [1.54, 1.807) is 12.1 Å². The van der Waals surface area contributed by atoms with E-state index in [1.165, 1.54) is 12.1 Å². The number of para-hydroxylation sites is 2. The molecule has 1 aromatic heterocycles. The molecular weight excluding hydrogens is 314 g/mol. The zero-order valence-electron chi connectivity index (χ0n) is 13.0. The molecule has 0 saturated heterocycles. The van der Waals surface area contributed by atoms with Gasteiger partial charge in [-0.1, -0.05) is 19.1 Å². The van der Waals surface area contributed by atoms with Crippen molar-refractivity contribution in [1.29, 1.82) is 0 Å². The first-order valence-corrected chi connectivity index (χ1v) is 7.48. The van der Waals surface area contributed by atoms with Crippen LogP contribution >= 0.6 is 0 Å². The van der Waals surface area contributed by atoms with Crippen LogP contribution in [0, 0.1) is 0 Å². The Bertz CT molecular complexity index is 810. The molecule has 0 aliphatic heterocycles. The van der Waals surface area contributed by atoms with Crippen LogP contribution in [-0.4, -0.2) is 22.3 Å². The number of fused-ring (bicyclic) bond motifs is 1. The number of benzene rings is 2. The summed E-state index contributed by atoms with van der Waals surface area (Å²) in [6, 6.07) is 14.1. The molecule has 3 rings (SSSR count). The van der Waals surface area contributed by atoms with Crippen LogP contribution in [0.4, 0.5) is 14.7 Å². The van der Waals surface area contributed by atoms with Crippen LogP contribution < -0.4 is 10.2 Å². The van der Waals surface area contributed by atoms with E-state index >= 15 is 0 Å². The number of aromatic nitrogens is 2. The summed E-state index contributed by atoms with van der Waals surface area (Å²) < 4.78 is 28.7. The molecule has 124 valence electrons. The number of nitrogens with one attached hydrogen (secondary N) is 2. The highest BCUT2D eigenvalue weighted by Gasteiger charge is 2.07. The Kier molecular flexibility index (Phi) is 4.69. The second-order valence-corrected chi connectivity index (χ2v) is 5.03. The number of anilines is 1. The first-order valence-electron chi connectivity index (χ1n) is 7.48. The fraction of sp³-hybridized carbons (Fsp3) is 0.176. The molecule has 1 heterocycles. The van der Waals surface area contributed by atoms with Crippen molar-refractivity contribution in [2.24, 2.45) is 5.10 Å². The number of rotatable bonds is 6. The monoisotopic (exact) mass is 330 g/mol. The summed E-state index contributed by atoms with van der Waals surface area (Å²) in [5.74, 6) is 0.661. The molecule has 0 fully saturated rings. The Balaban J connectivity index is 1.76. The first-order chi connectivity index (χ1) is 11.7. The summed E-state index contributed by atoms with van der Waals surface area (Å²) in [4.78, 5) is 7.51. The van der Waals surface area contributed by atoms with Crippen molar-refractivity contribution in [3.8, 4) is 5.75 Å². The average Bonchev–Trinajstić information content (AvgIpc) is 2.99. The van der Waals surface area contributed by atoms with Crippen molar-refractivity contribution in [2.45, 2.75) is 20.0 Å². The summed E-state index contributed by atoms with van der Waals surface area (Å²) in [7, 11) is 0. The number of hydrogen-bond donors (Lipinski definition) is 2.